The first-order valence-electron chi connectivity index (χ1n) is 27.5. The van der Waals surface area contributed by atoms with Crippen molar-refractivity contribution in [1.82, 2.24) is 56.4 Å². The van der Waals surface area contributed by atoms with E-state index in [4.69, 9.17) is 9.52 Å². The Morgan fingerprint density at radius 2 is 1.06 bits per heavy atom. The number of aliphatic carboxylic acids is 6. The van der Waals surface area contributed by atoms with E-state index in [0.29, 0.717) is 76.5 Å². The van der Waals surface area contributed by atoms with Crippen LogP contribution in [0.15, 0.2) is 59.0 Å². The molecule has 1 aliphatic heterocycles. The van der Waals surface area contributed by atoms with Gasteiger partial charge in [0.05, 0.1) is 26.2 Å². The van der Waals surface area contributed by atoms with Gasteiger partial charge in [0.25, 0.3) is 0 Å². The number of carboxylic acid groups (broad SMARTS) is 6. The van der Waals surface area contributed by atoms with Crippen molar-refractivity contribution < 1.29 is 83.0 Å². The Bertz CT molecular complexity index is 2930. The van der Waals surface area contributed by atoms with Gasteiger partial charge >= 0.3 is 47.8 Å². The lowest BCUT2D eigenvalue weighted by molar-refractivity contribution is -0.150. The van der Waals surface area contributed by atoms with Gasteiger partial charge in [0.2, 0.25) is 23.6 Å². The molecule has 1 aromatic heterocycles. The van der Waals surface area contributed by atoms with Crippen molar-refractivity contribution in [3.63, 3.8) is 0 Å². The van der Waals surface area contributed by atoms with Gasteiger partial charge in [-0.05, 0) is 91.0 Å². The molecule has 4 aliphatic rings. The number of fused-ring (bicyclic) bond motifs is 5. The molecule has 2 heterocycles. The molecule has 8 rings (SSSR count). The van der Waals surface area contributed by atoms with Gasteiger partial charge in [-0.15, -0.1) is 10.2 Å². The van der Waals surface area contributed by atoms with E-state index >= 15 is 0 Å². The zero-order chi connectivity index (χ0) is 59.8. The number of nitrogens with zero attached hydrogens (tertiary/aromatic N) is 6. The SMILES string of the molecule is O=C(O)CN1CCN(CC(=O)O)CCN(Cc2nnc(C34CCC(C(=O)N[C@@H](Cc5c6ccccc6cc6ccccc56)C(=O)NCCCC[C@H](NC(=O)N[C@@H](CNC(=O)C(=O)O)C(=O)O)C(=O)O)(CC3)CC4)o2)CCN(CC(=O)O)CC1. The number of hydrogen-bond donors (Lipinski definition) is 11. The number of carbonyl (C=O) groups is 10. The molecule has 4 aromatic rings. The maximum Gasteiger partial charge on any atom is 0.394 e. The van der Waals surface area contributed by atoms with E-state index in [-0.39, 0.29) is 90.5 Å². The average molecular weight is 1160 g/mol. The first kappa shape index (κ1) is 62.3. The molecule has 5 amide bonds. The second-order valence-electron chi connectivity index (χ2n) is 21.6. The number of benzene rings is 3. The molecule has 3 saturated carbocycles. The smallest absolute Gasteiger partial charge is 0.394 e. The van der Waals surface area contributed by atoms with Crippen LogP contribution in [-0.4, -0.2) is 223 Å². The molecule has 0 unspecified atom stereocenters. The minimum Gasteiger partial charge on any atom is -0.480 e. The summed E-state index contributed by atoms with van der Waals surface area (Å²) < 4.78 is 6.42. The molecule has 448 valence electrons. The molecule has 3 atom stereocenters. The normalized spacial score (nSPS) is 20.4. The molecule has 3 aromatic carbocycles. The number of carbonyl (C=O) groups excluding carboxylic acids is 4. The summed E-state index contributed by atoms with van der Waals surface area (Å²) in [6, 6.07) is 12.1. The zero-order valence-electron chi connectivity index (χ0n) is 45.8. The Morgan fingerprint density at radius 3 is 1.55 bits per heavy atom. The fraction of sp³-hybridized carbons (Fsp3) is 0.527. The third kappa shape index (κ3) is 17.1. The predicted molar refractivity (Wildman–Crippen MR) is 293 cm³/mol. The molecule has 28 heteroatoms. The zero-order valence-corrected chi connectivity index (χ0v) is 45.8. The number of hydrogen-bond acceptors (Lipinski definition) is 17. The molecule has 83 heavy (non-hydrogen) atoms. The predicted octanol–water partition coefficient (Wildman–Crippen LogP) is 0.364. The van der Waals surface area contributed by atoms with Crippen LogP contribution in [0.25, 0.3) is 21.5 Å². The molecule has 0 radical (unpaired) electrons. The topological polar surface area (TPSA) is 404 Å². The van der Waals surface area contributed by atoms with Gasteiger partial charge in [-0.2, -0.15) is 0 Å². The molecule has 0 spiro atoms. The van der Waals surface area contributed by atoms with E-state index in [0.717, 1.165) is 27.1 Å². The highest BCUT2D eigenvalue weighted by Gasteiger charge is 2.55. The molecule has 3 aliphatic carbocycles. The maximum atomic E-state index is 14.8. The molecular formula is C55H71N11O17. The van der Waals surface area contributed by atoms with Gasteiger partial charge in [-0.3, -0.25) is 48.4 Å². The lowest BCUT2D eigenvalue weighted by Crippen LogP contribution is -2.56. The summed E-state index contributed by atoms with van der Waals surface area (Å²) in [6.07, 6.45) is 3.43. The summed E-state index contributed by atoms with van der Waals surface area (Å²) in [5, 5.41) is 81.6. The quantitative estimate of drug-likeness (QED) is 0.0242. The molecule has 4 fully saturated rings. The van der Waals surface area contributed by atoms with Crippen molar-refractivity contribution in [2.75, 3.05) is 85.1 Å². The molecule has 1 saturated heterocycles. The number of nitrogens with one attached hydrogen (secondary N) is 5. The van der Waals surface area contributed by atoms with Gasteiger partial charge in [-0.25, -0.2) is 19.2 Å². The lowest BCUT2D eigenvalue weighted by atomic mass is 9.53. The Labute approximate surface area is 475 Å². The summed E-state index contributed by atoms with van der Waals surface area (Å²) in [4.78, 5) is 130. The molecule has 28 nitrogen and oxygen atoms in total. The number of carboxylic acids is 6. The third-order valence-corrected chi connectivity index (χ3v) is 16.0. The number of urea groups is 1. The van der Waals surface area contributed by atoms with Gasteiger partial charge in [-0.1, -0.05) is 48.5 Å². The summed E-state index contributed by atoms with van der Waals surface area (Å²) in [5.74, 6) is -9.54. The van der Waals surface area contributed by atoms with E-state index < -0.39 is 89.2 Å². The monoisotopic (exact) mass is 1160 g/mol. The lowest BCUT2D eigenvalue weighted by Gasteiger charge is -2.50. The standard InChI is InChI=1S/C55H71N11O17/c67-43(68)31-64-21-19-63(20-22-65(32-44(69)70)24-26-66(25-23-64)33-45(71)72)30-42-61-62-52(83-42)55-15-12-54(13-16-55,14-17-55)51(81)58-40(28-38-36-9-3-1-7-34(36)27-35-8-2-4-10-37(35)38)46(73)56-18-6-5-11-39(48(75)76)59-53(82)60-41(49(77)78)29-57-47(74)50(79)80/h1-4,7-10,27,39-41H,5-6,11-26,28-33H2,(H,56,73)(H,57,74)(H,58,81)(H,67,68)(H,69,70)(H,71,72)(H,75,76)(H,77,78)(H,79,80)(H2,59,60,82)/t39-,40-,41-,54?,55?/m0/s1. The van der Waals surface area contributed by atoms with Gasteiger partial charge in [0, 0.05) is 82.7 Å². The van der Waals surface area contributed by atoms with Crippen LogP contribution < -0.4 is 26.6 Å². The van der Waals surface area contributed by atoms with Gasteiger partial charge < -0.3 is 61.6 Å². The van der Waals surface area contributed by atoms with E-state index in [1.165, 1.54) is 0 Å². The third-order valence-electron chi connectivity index (χ3n) is 16.0. The van der Waals surface area contributed by atoms with Crippen molar-refractivity contribution in [1.29, 1.82) is 0 Å². The molecule has 2 bridgehead atoms. The Hall–Kier alpha value is -8.34. The van der Waals surface area contributed by atoms with Crippen LogP contribution in [0.2, 0.25) is 0 Å². The second kappa shape index (κ2) is 28.6. The van der Waals surface area contributed by atoms with Crippen molar-refractivity contribution in [3.05, 3.63) is 71.9 Å². The fourth-order valence-electron chi connectivity index (χ4n) is 11.3. The first-order valence-corrected chi connectivity index (χ1v) is 27.5. The van der Waals surface area contributed by atoms with Crippen molar-refractivity contribution >= 4 is 81.1 Å². The molecule has 11 N–H and O–H groups in total. The van der Waals surface area contributed by atoms with E-state index in [1.54, 1.807) is 14.7 Å². The van der Waals surface area contributed by atoms with Crippen LogP contribution in [-0.2, 0) is 61.5 Å². The number of aromatic nitrogens is 2. The highest BCUT2D eigenvalue weighted by atomic mass is 16.4. The van der Waals surface area contributed by atoms with Crippen molar-refractivity contribution in [3.8, 4) is 0 Å². The largest absolute Gasteiger partial charge is 0.480 e. The van der Waals surface area contributed by atoms with Crippen LogP contribution >= 0.6 is 0 Å². The Balaban J connectivity index is 1.00. The summed E-state index contributed by atoms with van der Waals surface area (Å²) in [6.45, 7) is 1.08. The van der Waals surface area contributed by atoms with Crippen molar-refractivity contribution in [2.45, 2.75) is 94.3 Å². The van der Waals surface area contributed by atoms with Crippen molar-refractivity contribution in [2.24, 2.45) is 5.41 Å². The highest BCUT2D eigenvalue weighted by Crippen LogP contribution is 2.57. The number of amides is 5. The average Bonchev–Trinajstić information content (AvgIpc) is 4.08. The summed E-state index contributed by atoms with van der Waals surface area (Å²) in [5.41, 5.74) is -0.487. The van der Waals surface area contributed by atoms with Crippen LogP contribution in [0.4, 0.5) is 4.79 Å². The van der Waals surface area contributed by atoms with Gasteiger partial charge in [0.1, 0.15) is 18.1 Å². The van der Waals surface area contributed by atoms with Crippen LogP contribution in [0, 0.1) is 5.41 Å². The number of rotatable bonds is 25. The van der Waals surface area contributed by atoms with E-state index in [2.05, 4.69) is 32.2 Å². The summed E-state index contributed by atoms with van der Waals surface area (Å²) >= 11 is 0. The van der Waals surface area contributed by atoms with Crippen LogP contribution in [0.5, 0.6) is 0 Å². The summed E-state index contributed by atoms with van der Waals surface area (Å²) in [7, 11) is 0. The van der Waals surface area contributed by atoms with E-state index in [1.807, 2.05) is 64.1 Å². The maximum absolute atomic E-state index is 14.8. The van der Waals surface area contributed by atoms with E-state index in [9.17, 15) is 73.5 Å². The molecular weight excluding hydrogens is 1090 g/mol. The first-order chi connectivity index (χ1) is 39.6. The Morgan fingerprint density at radius 1 is 0.566 bits per heavy atom. The minimum absolute atomic E-state index is 0.0589. The van der Waals surface area contributed by atoms with Gasteiger partial charge in [0.15, 0.2) is 0 Å². The number of unbranched alkanes of at least 4 members (excludes halogenated alkanes) is 1. The van der Waals surface area contributed by atoms with Crippen LogP contribution in [0.1, 0.15) is 75.1 Å². The minimum atomic E-state index is -1.87. The fourth-order valence-corrected chi connectivity index (χ4v) is 11.3. The second-order valence-corrected chi connectivity index (χ2v) is 21.6. The van der Waals surface area contributed by atoms with Crippen LogP contribution in [0.3, 0.4) is 0 Å². The Kier molecular flexibility index (Phi) is 21.4. The highest BCUT2D eigenvalue weighted by molar-refractivity contribution is 6.31.